The van der Waals surface area contributed by atoms with Gasteiger partial charge in [-0.15, -0.1) is 0 Å². The van der Waals surface area contributed by atoms with Crippen molar-refractivity contribution in [2.45, 2.75) is 60.8 Å². The topological polar surface area (TPSA) is 0 Å². The van der Waals surface area contributed by atoms with E-state index in [1.54, 1.807) is 0 Å². The fourth-order valence-electron chi connectivity index (χ4n) is 1.50. The summed E-state index contributed by atoms with van der Waals surface area (Å²) in [6, 6.07) is 0. The molecule has 0 aliphatic carbocycles. The fraction of sp³-hybridized carbons (Fsp3) is 1.00. The maximum Gasteiger partial charge on any atom is -0.0308 e. The van der Waals surface area contributed by atoms with Crippen molar-refractivity contribution in [1.82, 2.24) is 0 Å². The quantitative estimate of drug-likeness (QED) is 0.553. The molecule has 0 rings (SSSR count). The molecular formula is C10H24. The molecule has 0 aromatic rings. The van der Waals surface area contributed by atoms with Crippen LogP contribution in [0.15, 0.2) is 0 Å². The smallest absolute Gasteiger partial charge is 0.0308 e. The van der Waals surface area contributed by atoms with Crippen LogP contribution < -0.4 is 0 Å². The second-order valence-electron chi connectivity index (χ2n) is 2.91. The van der Waals surface area contributed by atoms with E-state index in [0.717, 1.165) is 0 Å². The summed E-state index contributed by atoms with van der Waals surface area (Å²) in [5, 5.41) is 0. The maximum atomic E-state index is 2.30. The van der Waals surface area contributed by atoms with Crippen LogP contribution in [0.1, 0.15) is 60.8 Å². The minimum Gasteiger partial charge on any atom is -0.0776 e. The van der Waals surface area contributed by atoms with E-state index in [1.807, 2.05) is 0 Å². The second-order valence-corrected chi connectivity index (χ2v) is 2.91. The van der Waals surface area contributed by atoms with Gasteiger partial charge in [-0.3, -0.25) is 0 Å². The lowest BCUT2D eigenvalue weighted by Gasteiger charge is -2.28. The first-order valence-corrected chi connectivity index (χ1v) is 4.24. The largest absolute Gasteiger partial charge is 0.0776 e. The molecule has 0 heterocycles. The Labute approximate surface area is 67.0 Å². The van der Waals surface area contributed by atoms with E-state index in [-0.39, 0.29) is 7.43 Å². The van der Waals surface area contributed by atoms with Gasteiger partial charge in [0, 0.05) is 0 Å². The summed E-state index contributed by atoms with van der Waals surface area (Å²) in [5.41, 5.74) is 0.667. The highest BCUT2D eigenvalue weighted by atomic mass is 14.3. The highest BCUT2D eigenvalue weighted by Crippen LogP contribution is 2.33. The molecular weight excluding hydrogens is 120 g/mol. The van der Waals surface area contributed by atoms with Gasteiger partial charge in [-0.1, -0.05) is 60.8 Å². The van der Waals surface area contributed by atoms with Gasteiger partial charge < -0.3 is 0 Å². The molecule has 0 spiro atoms. The Bertz CT molecular complexity index is 42.9. The summed E-state index contributed by atoms with van der Waals surface area (Å²) >= 11 is 0. The Hall–Kier alpha value is 0. The Morgan fingerprint density at radius 3 is 0.900 bits per heavy atom. The summed E-state index contributed by atoms with van der Waals surface area (Å²) in [7, 11) is 0. The first-order chi connectivity index (χ1) is 4.24. The van der Waals surface area contributed by atoms with E-state index in [9.17, 15) is 0 Å². The number of hydrogen-bond acceptors (Lipinski definition) is 0. The summed E-state index contributed by atoms with van der Waals surface area (Å²) < 4.78 is 0. The average Bonchev–Trinajstić information content (AvgIpc) is 1.95. The van der Waals surface area contributed by atoms with Crippen molar-refractivity contribution in [1.29, 1.82) is 0 Å². The molecule has 64 valence electrons. The van der Waals surface area contributed by atoms with E-state index in [0.29, 0.717) is 5.41 Å². The van der Waals surface area contributed by atoms with Crippen LogP contribution in [0.25, 0.3) is 0 Å². The van der Waals surface area contributed by atoms with Crippen molar-refractivity contribution in [3.05, 3.63) is 0 Å². The fourth-order valence-corrected chi connectivity index (χ4v) is 1.50. The Morgan fingerprint density at radius 1 is 0.700 bits per heavy atom. The van der Waals surface area contributed by atoms with Crippen LogP contribution >= 0.6 is 0 Å². The van der Waals surface area contributed by atoms with E-state index < -0.39 is 0 Å². The van der Waals surface area contributed by atoms with Crippen LogP contribution in [0, 0.1) is 5.41 Å². The normalized spacial score (nSPS) is 10.8. The zero-order valence-corrected chi connectivity index (χ0v) is 7.33. The van der Waals surface area contributed by atoms with Gasteiger partial charge in [0.05, 0.1) is 0 Å². The van der Waals surface area contributed by atoms with Crippen molar-refractivity contribution in [2.24, 2.45) is 5.41 Å². The zero-order chi connectivity index (χ0) is 7.33. The van der Waals surface area contributed by atoms with Gasteiger partial charge in [0.1, 0.15) is 0 Å². The lowest BCUT2D eigenvalue weighted by molar-refractivity contribution is 0.240. The summed E-state index contributed by atoms with van der Waals surface area (Å²) in [5.74, 6) is 0. The SMILES string of the molecule is C.CCC(CC)(CC)CC. The molecule has 0 unspecified atom stereocenters. The molecule has 0 radical (unpaired) electrons. The van der Waals surface area contributed by atoms with Crippen molar-refractivity contribution < 1.29 is 0 Å². The second kappa shape index (κ2) is 5.76. The third-order valence-corrected chi connectivity index (χ3v) is 3.00. The lowest BCUT2D eigenvalue weighted by atomic mass is 9.78. The molecule has 0 atom stereocenters. The lowest BCUT2D eigenvalue weighted by Crippen LogP contribution is -2.15. The minimum atomic E-state index is 0. The highest BCUT2D eigenvalue weighted by Gasteiger charge is 2.20. The van der Waals surface area contributed by atoms with E-state index in [2.05, 4.69) is 27.7 Å². The summed E-state index contributed by atoms with van der Waals surface area (Å²) in [6.07, 6.45) is 5.38. The summed E-state index contributed by atoms with van der Waals surface area (Å²) in [6.45, 7) is 9.21. The molecule has 0 nitrogen and oxygen atoms in total. The third-order valence-electron chi connectivity index (χ3n) is 3.00. The monoisotopic (exact) mass is 144 g/mol. The van der Waals surface area contributed by atoms with Gasteiger partial charge in [-0.05, 0) is 5.41 Å². The molecule has 0 aliphatic rings. The van der Waals surface area contributed by atoms with E-state index in [4.69, 9.17) is 0 Å². The Balaban J connectivity index is 0. The molecule has 10 heavy (non-hydrogen) atoms. The van der Waals surface area contributed by atoms with Crippen molar-refractivity contribution in [3.8, 4) is 0 Å². The standard InChI is InChI=1S/C9H20.CH4/c1-5-9(6-2,7-3)8-4;/h5-8H2,1-4H3;1H4. The van der Waals surface area contributed by atoms with Crippen LogP contribution in [-0.4, -0.2) is 0 Å². The molecule has 0 bridgehead atoms. The van der Waals surface area contributed by atoms with Crippen molar-refractivity contribution in [2.75, 3.05) is 0 Å². The molecule has 0 saturated carbocycles. The van der Waals surface area contributed by atoms with E-state index in [1.165, 1.54) is 25.7 Å². The van der Waals surface area contributed by atoms with Gasteiger partial charge in [0.15, 0.2) is 0 Å². The molecule has 0 N–H and O–H groups in total. The molecule has 0 heteroatoms. The first kappa shape index (κ1) is 12.7. The number of hydrogen-bond donors (Lipinski definition) is 0. The zero-order valence-electron chi connectivity index (χ0n) is 7.33. The summed E-state index contributed by atoms with van der Waals surface area (Å²) in [4.78, 5) is 0. The van der Waals surface area contributed by atoms with Gasteiger partial charge >= 0.3 is 0 Å². The third kappa shape index (κ3) is 2.72. The van der Waals surface area contributed by atoms with Gasteiger partial charge in [0.25, 0.3) is 0 Å². The molecule has 0 aliphatic heterocycles. The number of rotatable bonds is 4. The Kier molecular flexibility index (Phi) is 7.29. The van der Waals surface area contributed by atoms with Crippen LogP contribution in [0.3, 0.4) is 0 Å². The van der Waals surface area contributed by atoms with Crippen molar-refractivity contribution in [3.63, 3.8) is 0 Å². The molecule has 0 saturated heterocycles. The van der Waals surface area contributed by atoms with Crippen LogP contribution in [0.5, 0.6) is 0 Å². The van der Waals surface area contributed by atoms with Gasteiger partial charge in [-0.2, -0.15) is 0 Å². The molecule has 0 fully saturated rings. The minimum absolute atomic E-state index is 0. The van der Waals surface area contributed by atoms with Crippen LogP contribution in [0.4, 0.5) is 0 Å². The molecule has 0 aromatic heterocycles. The first-order valence-electron chi connectivity index (χ1n) is 4.24. The molecule has 0 aromatic carbocycles. The van der Waals surface area contributed by atoms with Gasteiger partial charge in [-0.25, -0.2) is 0 Å². The van der Waals surface area contributed by atoms with Crippen molar-refractivity contribution >= 4 is 0 Å². The predicted molar refractivity (Wildman–Crippen MR) is 50.3 cm³/mol. The maximum absolute atomic E-state index is 2.30. The Morgan fingerprint density at radius 2 is 0.900 bits per heavy atom. The predicted octanol–water partition coefficient (Wildman–Crippen LogP) is 4.25. The average molecular weight is 144 g/mol. The van der Waals surface area contributed by atoms with Crippen LogP contribution in [0.2, 0.25) is 0 Å². The highest BCUT2D eigenvalue weighted by molar-refractivity contribution is 4.72. The van der Waals surface area contributed by atoms with E-state index >= 15 is 0 Å². The van der Waals surface area contributed by atoms with Crippen LogP contribution in [-0.2, 0) is 0 Å². The molecule has 0 amide bonds. The van der Waals surface area contributed by atoms with Gasteiger partial charge in [0.2, 0.25) is 0 Å².